The minimum atomic E-state index is -3.56. The first-order chi connectivity index (χ1) is 18.9. The van der Waals surface area contributed by atoms with Crippen LogP contribution in [-0.4, -0.2) is 48.2 Å². The number of sulfonamides is 1. The summed E-state index contributed by atoms with van der Waals surface area (Å²) in [6.07, 6.45) is 5.45. The Hall–Kier alpha value is -2.88. The summed E-state index contributed by atoms with van der Waals surface area (Å²) >= 11 is 0. The first-order valence-electron chi connectivity index (χ1n) is 14.3. The van der Waals surface area contributed by atoms with E-state index in [-0.39, 0.29) is 17.3 Å². The van der Waals surface area contributed by atoms with Gasteiger partial charge in [0.05, 0.1) is 23.3 Å². The molecule has 2 atom stereocenters. The van der Waals surface area contributed by atoms with Crippen molar-refractivity contribution in [3.63, 3.8) is 0 Å². The maximum absolute atomic E-state index is 13.6. The Morgan fingerprint density at radius 1 is 1.18 bits per heavy atom. The molecule has 218 valence electrons. The lowest BCUT2D eigenvalue weighted by Gasteiger charge is -2.31. The number of aliphatic hydroxyl groups is 1. The average molecular weight is 569 g/mol. The highest BCUT2D eigenvalue weighted by atomic mass is 32.2. The monoisotopic (exact) mass is 568 g/mol. The minimum absolute atomic E-state index is 0.145. The van der Waals surface area contributed by atoms with Crippen LogP contribution >= 0.6 is 0 Å². The van der Waals surface area contributed by atoms with Crippen LogP contribution in [-0.2, 0) is 28.7 Å². The minimum Gasteiger partial charge on any atom is -0.390 e. The quantitative estimate of drug-likeness (QED) is 0.236. The van der Waals surface area contributed by atoms with E-state index in [9.17, 15) is 18.3 Å². The smallest absolute Gasteiger partial charge is 0.251 e. The molecule has 8 nitrogen and oxygen atoms in total. The number of nitrogens with zero attached hydrogens (tertiary/aromatic N) is 1. The van der Waals surface area contributed by atoms with Crippen molar-refractivity contribution >= 4 is 32.5 Å². The first-order valence-corrected chi connectivity index (χ1v) is 16.0. The van der Waals surface area contributed by atoms with Crippen molar-refractivity contribution in [3.05, 3.63) is 65.4 Å². The molecule has 0 saturated heterocycles. The highest BCUT2D eigenvalue weighted by Crippen LogP contribution is 2.34. The highest BCUT2D eigenvalue weighted by Gasteiger charge is 2.28. The van der Waals surface area contributed by atoms with Crippen molar-refractivity contribution < 1.29 is 18.3 Å². The Bertz CT molecular complexity index is 1430. The number of carbonyl (C=O) groups is 1. The number of aromatic nitrogens is 1. The number of aliphatic hydroxyl groups excluding tert-OH is 1. The number of β-amino-alcohol motifs (C(OH)–C–C–N with tert-alkyl or cyclic N) is 1. The van der Waals surface area contributed by atoms with Crippen LogP contribution in [0.25, 0.3) is 10.9 Å². The molecule has 4 N–H and O–H groups in total. The Kier molecular flexibility index (Phi) is 9.27. The van der Waals surface area contributed by atoms with Gasteiger partial charge < -0.3 is 20.3 Å². The molecule has 40 heavy (non-hydrogen) atoms. The van der Waals surface area contributed by atoms with Crippen molar-refractivity contribution in [1.29, 1.82) is 0 Å². The van der Waals surface area contributed by atoms with Gasteiger partial charge in [0.2, 0.25) is 0 Å². The van der Waals surface area contributed by atoms with Crippen molar-refractivity contribution in [3.8, 4) is 0 Å². The number of amides is 1. The summed E-state index contributed by atoms with van der Waals surface area (Å²) < 4.78 is 29.3. The predicted octanol–water partition coefficient (Wildman–Crippen LogP) is 4.81. The van der Waals surface area contributed by atoms with E-state index in [1.54, 1.807) is 10.6 Å². The molecule has 1 amide bonds. The van der Waals surface area contributed by atoms with E-state index in [2.05, 4.69) is 43.1 Å². The predicted molar refractivity (Wildman–Crippen MR) is 162 cm³/mol. The number of anilines is 1. The summed E-state index contributed by atoms with van der Waals surface area (Å²) in [6.45, 7) is 11.1. The van der Waals surface area contributed by atoms with E-state index in [4.69, 9.17) is 0 Å². The number of aryl methyl sites for hydroxylation is 1. The van der Waals surface area contributed by atoms with Crippen LogP contribution in [0.3, 0.4) is 0 Å². The second-order valence-corrected chi connectivity index (χ2v) is 13.8. The molecule has 1 aliphatic heterocycles. The lowest BCUT2D eigenvalue weighted by Crippen LogP contribution is -2.52. The van der Waals surface area contributed by atoms with Gasteiger partial charge in [-0.05, 0) is 62.3 Å². The maximum atomic E-state index is 13.6. The molecule has 2 aromatic carbocycles. The molecule has 0 saturated carbocycles. The topological polar surface area (TPSA) is 112 Å². The van der Waals surface area contributed by atoms with Gasteiger partial charge in [-0.2, -0.15) is 0 Å². The van der Waals surface area contributed by atoms with Crippen LogP contribution in [0.4, 0.5) is 5.69 Å². The van der Waals surface area contributed by atoms with Crippen LogP contribution in [0.2, 0.25) is 0 Å². The fourth-order valence-electron chi connectivity index (χ4n) is 5.45. The van der Waals surface area contributed by atoms with Gasteiger partial charge in [0, 0.05) is 29.2 Å². The molecule has 0 aliphatic carbocycles. The zero-order chi connectivity index (χ0) is 29.1. The second-order valence-electron chi connectivity index (χ2n) is 12.1. The van der Waals surface area contributed by atoms with Crippen molar-refractivity contribution in [2.45, 2.75) is 90.3 Å². The number of carbonyl (C=O) groups excluding carboxylic acids is 1. The van der Waals surface area contributed by atoms with E-state index >= 15 is 0 Å². The van der Waals surface area contributed by atoms with Crippen LogP contribution in [0.15, 0.2) is 48.7 Å². The second kappa shape index (κ2) is 12.3. The summed E-state index contributed by atoms with van der Waals surface area (Å²) in [6, 6.07) is 12.7. The van der Waals surface area contributed by atoms with Gasteiger partial charge in [-0.15, -0.1) is 0 Å². The zero-order valence-electron chi connectivity index (χ0n) is 24.3. The van der Waals surface area contributed by atoms with Crippen molar-refractivity contribution in [2.24, 2.45) is 5.92 Å². The molecule has 9 heteroatoms. The summed E-state index contributed by atoms with van der Waals surface area (Å²) in [5.74, 6) is 0.158. The van der Waals surface area contributed by atoms with Gasteiger partial charge in [0.25, 0.3) is 15.9 Å². The first kappa shape index (κ1) is 30.1. The average Bonchev–Trinajstić information content (AvgIpc) is 3.24. The lowest BCUT2D eigenvalue weighted by molar-refractivity contribution is 0.0812. The van der Waals surface area contributed by atoms with Crippen molar-refractivity contribution in [1.82, 2.24) is 15.2 Å². The van der Waals surface area contributed by atoms with Gasteiger partial charge in [-0.3, -0.25) is 9.52 Å². The van der Waals surface area contributed by atoms with Crippen LogP contribution < -0.4 is 15.4 Å². The van der Waals surface area contributed by atoms with Crippen molar-refractivity contribution in [2.75, 3.05) is 11.3 Å². The molecule has 3 aromatic rings. The van der Waals surface area contributed by atoms with Gasteiger partial charge in [0.1, 0.15) is 5.88 Å². The molecule has 1 aliphatic rings. The number of hydrogen-bond acceptors (Lipinski definition) is 5. The van der Waals surface area contributed by atoms with Crippen LogP contribution in [0, 0.1) is 5.92 Å². The molecule has 0 bridgehead atoms. The normalized spacial score (nSPS) is 16.1. The largest absolute Gasteiger partial charge is 0.390 e. The molecule has 0 unspecified atom stereocenters. The van der Waals surface area contributed by atoms with Gasteiger partial charge in [0.15, 0.2) is 0 Å². The van der Waals surface area contributed by atoms with E-state index < -0.39 is 22.2 Å². The van der Waals surface area contributed by atoms with Crippen LogP contribution in [0.5, 0.6) is 0 Å². The van der Waals surface area contributed by atoms with E-state index in [0.29, 0.717) is 36.6 Å². The number of hydrogen-bond donors (Lipinski definition) is 4. The summed E-state index contributed by atoms with van der Waals surface area (Å²) in [5.41, 5.74) is 3.38. The van der Waals surface area contributed by atoms with E-state index in [0.717, 1.165) is 41.3 Å². The Balaban J connectivity index is 1.55. The molecular formula is C31H44N4O4S. The molecule has 0 fully saturated rings. The fraction of sp³-hybridized carbons (Fsp3) is 0.516. The Morgan fingerprint density at radius 2 is 1.90 bits per heavy atom. The maximum Gasteiger partial charge on any atom is 0.251 e. The van der Waals surface area contributed by atoms with E-state index in [1.807, 2.05) is 49.5 Å². The molecule has 0 spiro atoms. The summed E-state index contributed by atoms with van der Waals surface area (Å²) in [4.78, 5) is 13.6. The zero-order valence-corrected chi connectivity index (χ0v) is 25.1. The van der Waals surface area contributed by atoms with E-state index in [1.165, 1.54) is 0 Å². The van der Waals surface area contributed by atoms with Crippen LogP contribution in [0.1, 0.15) is 75.4 Å². The molecular weight excluding hydrogens is 524 g/mol. The summed E-state index contributed by atoms with van der Waals surface area (Å²) in [7, 11) is -3.56. The lowest BCUT2D eigenvalue weighted by atomic mass is 9.93. The molecule has 4 rings (SSSR count). The third kappa shape index (κ3) is 7.44. The van der Waals surface area contributed by atoms with Gasteiger partial charge in [-0.1, -0.05) is 63.9 Å². The number of rotatable bonds is 13. The highest BCUT2D eigenvalue weighted by molar-refractivity contribution is 7.91. The number of nitrogens with one attached hydrogen (secondary N) is 3. The summed E-state index contributed by atoms with van der Waals surface area (Å²) in [5, 5.41) is 18.7. The molecule has 2 heterocycles. The molecule has 0 radical (unpaired) electrons. The Labute approximate surface area is 238 Å². The SMILES string of the molecule is CCc1cn2c3c(cc(C(=O)N[C@@H](Cc4ccccc4)[C@H](O)CNC(C)(C)CCCC(C)C)cc13)NS(=O)(=O)C2. The Morgan fingerprint density at radius 3 is 2.58 bits per heavy atom. The third-order valence-corrected chi connectivity index (χ3v) is 8.87. The van der Waals surface area contributed by atoms with Gasteiger partial charge in [-0.25, -0.2) is 8.42 Å². The number of benzene rings is 2. The standard InChI is InChI=1S/C31H44N4O4S/c1-6-23-19-35-20-40(38,39)34-27-17-24(16-25(23)29(27)35)30(37)33-26(15-22-12-8-7-9-13-22)28(36)18-32-31(4,5)14-10-11-21(2)3/h7-9,12-13,16-17,19,21,26,28,32,34,36H,6,10-11,14-15,18,20H2,1-5H3,(H,33,37)/t26-,28+/m0/s1. The van der Waals surface area contributed by atoms with Gasteiger partial charge >= 0.3 is 0 Å². The fourth-order valence-corrected chi connectivity index (χ4v) is 6.58. The molecule has 1 aromatic heterocycles. The third-order valence-electron chi connectivity index (χ3n) is 7.72.